The Bertz CT molecular complexity index is 273. The zero-order valence-corrected chi connectivity index (χ0v) is 10.8. The summed E-state index contributed by atoms with van der Waals surface area (Å²) in [5.41, 5.74) is 0. The van der Waals surface area contributed by atoms with E-state index in [0.717, 1.165) is 12.8 Å². The summed E-state index contributed by atoms with van der Waals surface area (Å²) in [5, 5.41) is 5.51. The second-order valence-electron chi connectivity index (χ2n) is 4.98. The van der Waals surface area contributed by atoms with Crippen molar-refractivity contribution in [3.8, 4) is 0 Å². The van der Waals surface area contributed by atoms with Gasteiger partial charge in [0.25, 0.3) is 0 Å². The van der Waals surface area contributed by atoms with E-state index in [2.05, 4.69) is 10.6 Å². The van der Waals surface area contributed by atoms with Crippen LogP contribution in [0.15, 0.2) is 0 Å². The number of halogens is 3. The average molecular weight is 266 g/mol. The molecule has 1 aliphatic heterocycles. The molecule has 18 heavy (non-hydrogen) atoms. The van der Waals surface area contributed by atoms with Crippen LogP contribution < -0.4 is 10.6 Å². The molecule has 106 valence electrons. The molecule has 1 aliphatic rings. The van der Waals surface area contributed by atoms with Gasteiger partial charge in [0.15, 0.2) is 0 Å². The van der Waals surface area contributed by atoms with Crippen molar-refractivity contribution in [3.63, 3.8) is 0 Å². The summed E-state index contributed by atoms with van der Waals surface area (Å²) in [6, 6.07) is -0.410. The Morgan fingerprint density at radius 1 is 1.44 bits per heavy atom. The van der Waals surface area contributed by atoms with Gasteiger partial charge in [0.2, 0.25) is 5.91 Å². The Kier molecular flexibility index (Phi) is 5.44. The third kappa shape index (κ3) is 4.48. The molecule has 0 aliphatic carbocycles. The maximum Gasteiger partial charge on any atom is 0.393 e. The highest BCUT2D eigenvalue weighted by Crippen LogP contribution is 2.31. The molecule has 0 aromatic carbocycles. The van der Waals surface area contributed by atoms with Crippen LogP contribution in [0.5, 0.6) is 0 Å². The van der Waals surface area contributed by atoms with Crippen LogP contribution in [0.4, 0.5) is 13.2 Å². The van der Waals surface area contributed by atoms with Gasteiger partial charge in [-0.05, 0) is 26.2 Å². The summed E-state index contributed by atoms with van der Waals surface area (Å²) >= 11 is 0. The maximum absolute atomic E-state index is 12.4. The second kappa shape index (κ2) is 6.41. The first-order valence-electron chi connectivity index (χ1n) is 6.45. The highest BCUT2D eigenvalue weighted by Gasteiger charge is 2.42. The van der Waals surface area contributed by atoms with Crippen molar-refractivity contribution in [2.75, 3.05) is 6.54 Å². The van der Waals surface area contributed by atoms with E-state index in [1.807, 2.05) is 13.8 Å². The van der Waals surface area contributed by atoms with Crippen molar-refractivity contribution in [2.45, 2.75) is 57.8 Å². The SMILES string of the molecule is CCCC(C)NC(=O)C1CCC(C(F)(F)F)CN1. The topological polar surface area (TPSA) is 41.1 Å². The minimum Gasteiger partial charge on any atom is -0.352 e. The molecule has 1 saturated heterocycles. The van der Waals surface area contributed by atoms with Gasteiger partial charge in [-0.3, -0.25) is 4.79 Å². The van der Waals surface area contributed by atoms with Gasteiger partial charge in [0, 0.05) is 12.6 Å². The summed E-state index contributed by atoms with van der Waals surface area (Å²) in [7, 11) is 0. The maximum atomic E-state index is 12.4. The fourth-order valence-corrected chi connectivity index (χ4v) is 2.21. The monoisotopic (exact) mass is 266 g/mol. The van der Waals surface area contributed by atoms with E-state index < -0.39 is 18.1 Å². The van der Waals surface area contributed by atoms with Crippen molar-refractivity contribution in [1.82, 2.24) is 10.6 Å². The number of rotatable bonds is 4. The van der Waals surface area contributed by atoms with Crippen LogP contribution in [0.25, 0.3) is 0 Å². The summed E-state index contributed by atoms with van der Waals surface area (Å²) in [6.07, 6.45) is -2.05. The van der Waals surface area contributed by atoms with Crippen molar-refractivity contribution < 1.29 is 18.0 Å². The standard InChI is InChI=1S/C12H21F3N2O/c1-3-4-8(2)17-11(18)10-6-5-9(7-16-10)12(13,14)15/h8-10,16H,3-7H2,1-2H3,(H,17,18). The third-order valence-corrected chi connectivity index (χ3v) is 3.30. The van der Waals surface area contributed by atoms with Gasteiger partial charge in [0.1, 0.15) is 0 Å². The highest BCUT2D eigenvalue weighted by atomic mass is 19.4. The Morgan fingerprint density at radius 2 is 2.11 bits per heavy atom. The minimum atomic E-state index is -4.16. The number of amides is 1. The zero-order valence-electron chi connectivity index (χ0n) is 10.8. The number of hydrogen-bond donors (Lipinski definition) is 2. The predicted octanol–water partition coefficient (Wildman–Crippen LogP) is 2.22. The number of hydrogen-bond acceptors (Lipinski definition) is 2. The second-order valence-corrected chi connectivity index (χ2v) is 4.98. The average Bonchev–Trinajstić information content (AvgIpc) is 2.28. The van der Waals surface area contributed by atoms with Crippen molar-refractivity contribution in [2.24, 2.45) is 5.92 Å². The van der Waals surface area contributed by atoms with Gasteiger partial charge >= 0.3 is 6.18 Å². The molecule has 0 saturated carbocycles. The Morgan fingerprint density at radius 3 is 2.56 bits per heavy atom. The van der Waals surface area contributed by atoms with Crippen molar-refractivity contribution in [3.05, 3.63) is 0 Å². The largest absolute Gasteiger partial charge is 0.393 e. The fraction of sp³-hybridized carbons (Fsp3) is 0.917. The third-order valence-electron chi connectivity index (χ3n) is 3.30. The lowest BCUT2D eigenvalue weighted by Gasteiger charge is -2.31. The molecule has 0 aromatic heterocycles. The first-order valence-corrected chi connectivity index (χ1v) is 6.45. The summed E-state index contributed by atoms with van der Waals surface area (Å²) in [6.45, 7) is 3.77. The lowest BCUT2D eigenvalue weighted by atomic mass is 9.93. The Balaban J connectivity index is 2.36. The molecule has 2 N–H and O–H groups in total. The molecule has 3 unspecified atom stereocenters. The molecule has 3 nitrogen and oxygen atoms in total. The molecule has 0 aromatic rings. The molecule has 0 radical (unpaired) electrons. The van der Waals surface area contributed by atoms with E-state index in [4.69, 9.17) is 0 Å². The fourth-order valence-electron chi connectivity index (χ4n) is 2.21. The molecule has 0 spiro atoms. The van der Waals surface area contributed by atoms with Gasteiger partial charge in [0.05, 0.1) is 12.0 Å². The molecule has 0 bridgehead atoms. The summed E-state index contributed by atoms with van der Waals surface area (Å²) in [4.78, 5) is 11.8. The van der Waals surface area contributed by atoms with Gasteiger partial charge in [-0.1, -0.05) is 13.3 Å². The minimum absolute atomic E-state index is 0.0245. The van der Waals surface area contributed by atoms with E-state index in [1.165, 1.54) is 0 Å². The molecule has 1 fully saturated rings. The van der Waals surface area contributed by atoms with Crippen LogP contribution in [-0.2, 0) is 4.79 Å². The van der Waals surface area contributed by atoms with Crippen LogP contribution in [-0.4, -0.2) is 30.7 Å². The Labute approximate surface area is 106 Å². The smallest absolute Gasteiger partial charge is 0.352 e. The normalized spacial score (nSPS) is 26.7. The summed E-state index contributed by atoms with van der Waals surface area (Å²) in [5.74, 6) is -1.51. The predicted molar refractivity (Wildman–Crippen MR) is 63.1 cm³/mol. The van der Waals surface area contributed by atoms with E-state index in [0.29, 0.717) is 0 Å². The van der Waals surface area contributed by atoms with Crippen LogP contribution in [0.2, 0.25) is 0 Å². The number of alkyl halides is 3. The number of piperidine rings is 1. The van der Waals surface area contributed by atoms with Crippen LogP contribution >= 0.6 is 0 Å². The van der Waals surface area contributed by atoms with E-state index in [-0.39, 0.29) is 31.3 Å². The zero-order chi connectivity index (χ0) is 13.8. The first kappa shape index (κ1) is 15.3. The van der Waals surface area contributed by atoms with E-state index >= 15 is 0 Å². The molecule has 3 atom stereocenters. The van der Waals surface area contributed by atoms with Crippen LogP contribution in [0.1, 0.15) is 39.5 Å². The quantitative estimate of drug-likeness (QED) is 0.819. The highest BCUT2D eigenvalue weighted by molar-refractivity contribution is 5.82. The molecular weight excluding hydrogens is 245 g/mol. The molecule has 1 heterocycles. The lowest BCUT2D eigenvalue weighted by molar-refractivity contribution is -0.180. The van der Waals surface area contributed by atoms with Crippen LogP contribution in [0, 0.1) is 5.92 Å². The number of carbonyl (C=O) groups excluding carboxylic acids is 1. The van der Waals surface area contributed by atoms with E-state index in [9.17, 15) is 18.0 Å². The molecular formula is C12H21F3N2O. The van der Waals surface area contributed by atoms with Gasteiger partial charge in [-0.15, -0.1) is 0 Å². The van der Waals surface area contributed by atoms with Gasteiger partial charge in [-0.2, -0.15) is 13.2 Å². The van der Waals surface area contributed by atoms with Gasteiger partial charge in [-0.25, -0.2) is 0 Å². The molecule has 1 amide bonds. The lowest BCUT2D eigenvalue weighted by Crippen LogP contribution is -2.52. The van der Waals surface area contributed by atoms with Crippen LogP contribution in [0.3, 0.4) is 0 Å². The van der Waals surface area contributed by atoms with Crippen molar-refractivity contribution >= 4 is 5.91 Å². The van der Waals surface area contributed by atoms with E-state index in [1.54, 1.807) is 0 Å². The summed E-state index contributed by atoms with van der Waals surface area (Å²) < 4.78 is 37.3. The number of nitrogens with one attached hydrogen (secondary N) is 2. The van der Waals surface area contributed by atoms with Crippen molar-refractivity contribution in [1.29, 1.82) is 0 Å². The number of carbonyl (C=O) groups is 1. The Hall–Kier alpha value is -0.780. The molecule has 6 heteroatoms. The first-order chi connectivity index (χ1) is 8.34. The molecule has 1 rings (SSSR count). The van der Waals surface area contributed by atoms with Gasteiger partial charge < -0.3 is 10.6 Å².